The maximum atomic E-state index is 13.2. The fourth-order valence-electron chi connectivity index (χ4n) is 5.86. The van der Waals surface area contributed by atoms with Crippen LogP contribution in [0.1, 0.15) is 44.7 Å². The molecule has 2 aliphatic heterocycles. The summed E-state index contributed by atoms with van der Waals surface area (Å²) < 4.78 is 57.0. The lowest BCUT2D eigenvalue weighted by Crippen LogP contribution is -2.39. The maximum absolute atomic E-state index is 13.2. The minimum Gasteiger partial charge on any atom is -0.457 e. The molecule has 2 aliphatic rings. The van der Waals surface area contributed by atoms with Gasteiger partial charge in [0, 0.05) is 48.9 Å². The van der Waals surface area contributed by atoms with E-state index in [1.54, 1.807) is 30.3 Å². The lowest BCUT2D eigenvalue weighted by atomic mass is 9.96. The summed E-state index contributed by atoms with van der Waals surface area (Å²) in [6, 6.07) is 14.7. The molecule has 46 heavy (non-hydrogen) atoms. The van der Waals surface area contributed by atoms with Gasteiger partial charge in [-0.15, -0.1) is 0 Å². The van der Waals surface area contributed by atoms with Gasteiger partial charge in [-0.05, 0) is 91.9 Å². The molecule has 0 bridgehead atoms. The van der Waals surface area contributed by atoms with Crippen LogP contribution in [0.4, 0.5) is 13.2 Å². The molecule has 2 amide bonds. The Morgan fingerprint density at radius 1 is 0.978 bits per heavy atom. The average molecular weight is 637 g/mol. The molecule has 3 aromatic carbocycles. The lowest BCUT2D eigenvalue weighted by Gasteiger charge is -2.32. The summed E-state index contributed by atoms with van der Waals surface area (Å²) in [6.07, 6.45) is -0.900. The monoisotopic (exact) mass is 636 g/mol. The van der Waals surface area contributed by atoms with Crippen molar-refractivity contribution in [2.45, 2.75) is 38.6 Å². The first-order chi connectivity index (χ1) is 22.1. The third-order valence-electron chi connectivity index (χ3n) is 8.49. The number of aromatic nitrogens is 2. The molecule has 0 saturated carbocycles. The molecular weight excluding hydrogens is 601 g/mol. The summed E-state index contributed by atoms with van der Waals surface area (Å²) in [5, 5.41) is 8.63. The first-order valence-corrected chi connectivity index (χ1v) is 15.3. The average Bonchev–Trinajstić information content (AvgIpc) is 3.48. The molecule has 2 fully saturated rings. The third kappa shape index (κ3) is 7.34. The summed E-state index contributed by atoms with van der Waals surface area (Å²) in [4.78, 5) is 27.9. The first kappa shape index (κ1) is 31.6. The zero-order valence-corrected chi connectivity index (χ0v) is 25.4. The molecule has 0 radical (unpaired) electrons. The summed E-state index contributed by atoms with van der Waals surface area (Å²) in [7, 11) is 0. The van der Waals surface area contributed by atoms with Gasteiger partial charge >= 0.3 is 6.18 Å². The predicted octanol–water partition coefficient (Wildman–Crippen LogP) is 5.85. The van der Waals surface area contributed by atoms with Gasteiger partial charge in [-0.3, -0.25) is 14.3 Å². The molecule has 3 heterocycles. The zero-order valence-electron chi connectivity index (χ0n) is 25.4. The van der Waals surface area contributed by atoms with Gasteiger partial charge in [0.05, 0.1) is 37.0 Å². The van der Waals surface area contributed by atoms with Crippen molar-refractivity contribution in [3.05, 3.63) is 89.1 Å². The molecule has 12 heteroatoms. The number of piperidine rings is 1. The van der Waals surface area contributed by atoms with E-state index in [0.29, 0.717) is 68.8 Å². The van der Waals surface area contributed by atoms with E-state index in [0.717, 1.165) is 41.4 Å². The number of halogens is 3. The number of carbonyl (C=O) groups is 2. The van der Waals surface area contributed by atoms with Crippen LogP contribution in [0.3, 0.4) is 0 Å². The van der Waals surface area contributed by atoms with Crippen LogP contribution in [-0.4, -0.2) is 72.1 Å². The van der Waals surface area contributed by atoms with Crippen molar-refractivity contribution in [2.24, 2.45) is 5.92 Å². The van der Waals surface area contributed by atoms with Crippen molar-refractivity contribution in [2.75, 3.05) is 39.5 Å². The fourth-order valence-corrected chi connectivity index (χ4v) is 5.86. The number of hydrogen-bond donors (Lipinski definition) is 1. The number of ether oxygens (including phenoxy) is 3. The van der Waals surface area contributed by atoms with Crippen LogP contribution >= 0.6 is 0 Å². The highest BCUT2D eigenvalue weighted by molar-refractivity contribution is 6.00. The minimum atomic E-state index is -4.41. The number of fused-ring (bicyclic) bond motifs is 1. The van der Waals surface area contributed by atoms with Crippen molar-refractivity contribution >= 4 is 22.7 Å². The van der Waals surface area contributed by atoms with Crippen molar-refractivity contribution < 1.29 is 37.0 Å². The molecule has 1 aromatic heterocycles. The van der Waals surface area contributed by atoms with Crippen LogP contribution < -0.4 is 10.1 Å². The molecule has 0 unspecified atom stereocenters. The van der Waals surface area contributed by atoms with E-state index >= 15 is 0 Å². The number of carbonyl (C=O) groups excluding carboxylic acids is 2. The molecule has 0 aliphatic carbocycles. The van der Waals surface area contributed by atoms with Gasteiger partial charge in [-0.2, -0.15) is 18.3 Å². The summed E-state index contributed by atoms with van der Waals surface area (Å²) in [5.74, 6) is 0.817. The minimum absolute atomic E-state index is 0.0756. The predicted molar refractivity (Wildman–Crippen MR) is 164 cm³/mol. The molecule has 4 aromatic rings. The van der Waals surface area contributed by atoms with Crippen molar-refractivity contribution in [3.8, 4) is 11.5 Å². The summed E-state index contributed by atoms with van der Waals surface area (Å²) in [5.41, 5.74) is 2.08. The van der Waals surface area contributed by atoms with E-state index in [2.05, 4.69) is 5.32 Å². The zero-order chi connectivity index (χ0) is 32.3. The number of amides is 2. The lowest BCUT2D eigenvalue weighted by molar-refractivity contribution is -0.137. The number of hydrogen-bond acceptors (Lipinski definition) is 6. The Bertz CT molecular complexity index is 1670. The van der Waals surface area contributed by atoms with Gasteiger partial charge in [0.25, 0.3) is 11.8 Å². The Labute approximate surface area is 264 Å². The second-order valence-corrected chi connectivity index (χ2v) is 11.7. The first-order valence-electron chi connectivity index (χ1n) is 15.3. The largest absolute Gasteiger partial charge is 0.457 e. The quantitative estimate of drug-likeness (QED) is 0.261. The fraction of sp³-hybridized carbons (Fsp3) is 0.382. The number of likely N-dealkylation sites (tertiary alicyclic amines) is 1. The van der Waals surface area contributed by atoms with Crippen LogP contribution in [0.15, 0.2) is 66.9 Å². The summed E-state index contributed by atoms with van der Waals surface area (Å²) >= 11 is 0. The van der Waals surface area contributed by atoms with Gasteiger partial charge in [0.1, 0.15) is 11.5 Å². The highest BCUT2D eigenvalue weighted by Gasteiger charge is 2.30. The van der Waals surface area contributed by atoms with Crippen LogP contribution in [0.2, 0.25) is 0 Å². The Morgan fingerprint density at radius 3 is 2.33 bits per heavy atom. The van der Waals surface area contributed by atoms with Crippen LogP contribution in [0.5, 0.6) is 11.5 Å². The highest BCUT2D eigenvalue weighted by Crippen LogP contribution is 2.32. The number of rotatable bonds is 8. The van der Waals surface area contributed by atoms with E-state index in [1.807, 2.05) is 28.8 Å². The van der Waals surface area contributed by atoms with Gasteiger partial charge in [0.2, 0.25) is 0 Å². The second-order valence-electron chi connectivity index (χ2n) is 11.7. The van der Waals surface area contributed by atoms with Crippen molar-refractivity contribution in [1.82, 2.24) is 20.0 Å². The molecule has 9 nitrogen and oxygen atoms in total. The molecular formula is C34H35F3N4O5. The smallest absolute Gasteiger partial charge is 0.416 e. The third-order valence-corrected chi connectivity index (χ3v) is 8.49. The number of nitrogens with zero attached hydrogens (tertiary/aromatic N) is 3. The van der Waals surface area contributed by atoms with E-state index in [4.69, 9.17) is 19.3 Å². The van der Waals surface area contributed by atoms with Crippen LogP contribution in [0, 0.1) is 12.8 Å². The standard InChI is InChI=1S/C34H35F3N4O5/c1-22-29(32(42)38-18-28-21-44-16-17-45-28)10-11-31-30(22)20-41(39-31)19-23-12-14-40(15-13-23)33(43)24-2-6-26(7-3-24)46-27-8-4-25(5-9-27)34(35,36)37/h2-11,20,23,28H,12-19,21H2,1H3,(H,38,42)/t28-/m0/s1. The Morgan fingerprint density at radius 2 is 1.67 bits per heavy atom. The van der Waals surface area contributed by atoms with Crippen LogP contribution in [0.25, 0.3) is 10.9 Å². The number of nitrogens with one attached hydrogen (secondary N) is 1. The number of benzene rings is 3. The van der Waals surface area contributed by atoms with E-state index < -0.39 is 11.7 Å². The van der Waals surface area contributed by atoms with E-state index in [-0.39, 0.29) is 23.7 Å². The molecule has 1 atom stereocenters. The van der Waals surface area contributed by atoms with Crippen molar-refractivity contribution in [3.63, 3.8) is 0 Å². The normalized spacial score (nSPS) is 17.7. The molecule has 1 N–H and O–H groups in total. The Balaban J connectivity index is 1.00. The Hall–Kier alpha value is -4.42. The maximum Gasteiger partial charge on any atom is 0.416 e. The molecule has 2 saturated heterocycles. The Kier molecular flexibility index (Phi) is 9.27. The van der Waals surface area contributed by atoms with E-state index in [1.165, 1.54) is 12.1 Å². The summed E-state index contributed by atoms with van der Waals surface area (Å²) in [6.45, 7) is 5.85. The van der Waals surface area contributed by atoms with Crippen molar-refractivity contribution in [1.29, 1.82) is 0 Å². The second kappa shape index (κ2) is 13.5. The number of alkyl halides is 3. The molecule has 0 spiro atoms. The molecule has 242 valence electrons. The van der Waals surface area contributed by atoms with Gasteiger partial charge in [0.15, 0.2) is 0 Å². The van der Waals surface area contributed by atoms with Gasteiger partial charge in [-0.25, -0.2) is 0 Å². The molecule has 6 rings (SSSR count). The van der Waals surface area contributed by atoms with E-state index in [9.17, 15) is 22.8 Å². The highest BCUT2D eigenvalue weighted by atomic mass is 19.4. The van der Waals surface area contributed by atoms with Crippen LogP contribution in [-0.2, 0) is 22.2 Å². The van der Waals surface area contributed by atoms with Gasteiger partial charge in [-0.1, -0.05) is 0 Å². The van der Waals surface area contributed by atoms with Gasteiger partial charge < -0.3 is 24.4 Å². The number of aryl methyl sites for hydroxylation is 1. The topological polar surface area (TPSA) is 94.9 Å². The SMILES string of the molecule is Cc1c(C(=O)NC[C@H]2COCCO2)ccc2nn(CC3CCN(C(=O)c4ccc(Oc5ccc(C(F)(F)F)cc5)cc4)CC3)cc12.